The lowest BCUT2D eigenvalue weighted by Crippen LogP contribution is -2.77. The highest BCUT2D eigenvalue weighted by Crippen LogP contribution is 2.66. The first-order chi connectivity index (χ1) is 14.3. The maximum atomic E-state index is 13.5. The third-order valence-corrected chi connectivity index (χ3v) is 4.90. The lowest BCUT2D eigenvalue weighted by Gasteiger charge is -2.45. The largest absolute Gasteiger partial charge is 0.428 e. The molecular formula is C13H7F20I. The summed E-state index contributed by atoms with van der Waals surface area (Å²) in [7, 11) is 0. The smallest absolute Gasteiger partial charge is 0.227 e. The zero-order chi connectivity index (χ0) is 28.4. The van der Waals surface area contributed by atoms with Crippen LogP contribution >= 0.6 is 22.6 Å². The molecule has 206 valence electrons. The molecule has 0 amide bonds. The van der Waals surface area contributed by atoms with E-state index in [1.54, 1.807) is 0 Å². The third kappa shape index (κ3) is 4.05. The molecule has 0 fully saturated rings. The van der Waals surface area contributed by atoms with Crippen LogP contribution in [0.1, 0.15) is 13.3 Å². The molecule has 21 heteroatoms. The number of alkyl halides is 21. The Morgan fingerprint density at radius 2 is 0.647 bits per heavy atom. The Hall–Kier alpha value is -0.670. The van der Waals surface area contributed by atoms with E-state index < -0.39 is 77.0 Å². The van der Waals surface area contributed by atoms with Crippen LogP contribution in [0.3, 0.4) is 0 Å². The summed E-state index contributed by atoms with van der Waals surface area (Å²) in [5, 5.41) is 0. The van der Waals surface area contributed by atoms with Crippen LogP contribution in [0.5, 0.6) is 0 Å². The molecule has 1 atom stereocenters. The second-order valence-electron chi connectivity index (χ2n) is 6.66. The zero-order valence-electron chi connectivity index (χ0n) is 15.4. The fourth-order valence-electron chi connectivity index (χ4n) is 1.96. The standard InChI is InChI=1S/C13H7F20I/c1-4(14,13(31,32)33)6(17,18)8(21,22)10(25,26)12(29,30)11(27,28)9(23,24)7(19,20)5(15,16)2-3-34/h2-3H2,1H3. The maximum absolute atomic E-state index is 13.5. The van der Waals surface area contributed by atoms with Gasteiger partial charge in [-0.3, -0.25) is 0 Å². The van der Waals surface area contributed by atoms with Crippen molar-refractivity contribution in [1.29, 1.82) is 0 Å². The van der Waals surface area contributed by atoms with E-state index in [4.69, 9.17) is 0 Å². The molecule has 0 aliphatic carbocycles. The van der Waals surface area contributed by atoms with Crippen LogP contribution < -0.4 is 0 Å². The quantitative estimate of drug-likeness (QED) is 0.125. The second-order valence-corrected chi connectivity index (χ2v) is 7.74. The second kappa shape index (κ2) is 8.44. The van der Waals surface area contributed by atoms with E-state index >= 15 is 0 Å². The predicted octanol–water partition coefficient (Wildman–Crippen LogP) is 8.18. The van der Waals surface area contributed by atoms with E-state index in [0.29, 0.717) is 0 Å². The summed E-state index contributed by atoms with van der Waals surface area (Å²) < 4.78 is 263. The fourth-order valence-corrected chi connectivity index (χ4v) is 2.64. The minimum atomic E-state index is -8.91. The van der Waals surface area contributed by atoms with Crippen molar-refractivity contribution in [3.8, 4) is 0 Å². The lowest BCUT2D eigenvalue weighted by molar-refractivity contribution is -0.464. The summed E-state index contributed by atoms with van der Waals surface area (Å²) in [5.41, 5.74) is -6.93. The van der Waals surface area contributed by atoms with Crippen molar-refractivity contribution < 1.29 is 87.8 Å². The monoisotopic (exact) mass is 670 g/mol. The topological polar surface area (TPSA) is 0 Å². The van der Waals surface area contributed by atoms with Gasteiger partial charge in [-0.05, 0) is 6.92 Å². The first-order valence-electron chi connectivity index (χ1n) is 7.65. The van der Waals surface area contributed by atoms with Crippen LogP contribution in [0.25, 0.3) is 0 Å². The molecule has 0 rings (SSSR count). The molecule has 0 aromatic rings. The molecule has 0 aromatic heterocycles. The van der Waals surface area contributed by atoms with E-state index in [2.05, 4.69) is 0 Å². The van der Waals surface area contributed by atoms with E-state index in [1.165, 1.54) is 0 Å². The molecule has 0 aliphatic heterocycles. The van der Waals surface area contributed by atoms with E-state index in [9.17, 15) is 87.8 Å². The Morgan fingerprint density at radius 1 is 0.412 bits per heavy atom. The van der Waals surface area contributed by atoms with Crippen LogP contribution in [-0.2, 0) is 0 Å². The Balaban J connectivity index is 7.01. The van der Waals surface area contributed by atoms with Gasteiger partial charge >= 0.3 is 53.6 Å². The Kier molecular flexibility index (Phi) is 8.27. The lowest BCUT2D eigenvalue weighted by atomic mass is 9.83. The zero-order valence-corrected chi connectivity index (χ0v) is 17.5. The van der Waals surface area contributed by atoms with Gasteiger partial charge in [-0.25, -0.2) is 4.39 Å². The Labute approximate surface area is 188 Å². The van der Waals surface area contributed by atoms with Crippen molar-refractivity contribution in [2.24, 2.45) is 0 Å². The van der Waals surface area contributed by atoms with Gasteiger partial charge in [-0.1, -0.05) is 22.6 Å². The Morgan fingerprint density at radius 3 is 0.882 bits per heavy atom. The van der Waals surface area contributed by atoms with Crippen LogP contribution in [0, 0.1) is 0 Å². The average Bonchev–Trinajstić information content (AvgIpc) is 2.59. The molecule has 1 unspecified atom stereocenters. The highest BCUT2D eigenvalue weighted by molar-refractivity contribution is 14.1. The minimum absolute atomic E-state index is 0.740. The highest BCUT2D eigenvalue weighted by Gasteiger charge is 2.96. The minimum Gasteiger partial charge on any atom is -0.227 e. The first kappa shape index (κ1) is 33.3. The van der Waals surface area contributed by atoms with Gasteiger partial charge in [0.1, 0.15) is 0 Å². The van der Waals surface area contributed by atoms with Gasteiger partial charge in [-0.15, -0.1) is 0 Å². The predicted molar refractivity (Wildman–Crippen MR) is 78.6 cm³/mol. The number of hydrogen-bond acceptors (Lipinski definition) is 0. The Bertz CT molecular complexity index is 731. The van der Waals surface area contributed by atoms with E-state index in [0.717, 1.165) is 22.6 Å². The van der Waals surface area contributed by atoms with Gasteiger partial charge in [-0.2, -0.15) is 83.4 Å². The molecule has 0 aliphatic rings. The molecule has 0 nitrogen and oxygen atoms in total. The molecule has 0 aromatic carbocycles. The molecular weight excluding hydrogens is 663 g/mol. The SMILES string of the molecule is CC(F)(C(F)(F)F)C(F)(F)C(F)(F)C(F)(F)C(F)(F)C(F)(F)C(F)(F)C(F)(F)C(F)(F)CCI. The van der Waals surface area contributed by atoms with Gasteiger partial charge in [0.25, 0.3) is 5.67 Å². The van der Waals surface area contributed by atoms with E-state index in [-0.39, 0.29) is 0 Å². The molecule has 0 radical (unpaired) electrons. The van der Waals surface area contributed by atoms with Crippen LogP contribution in [0.4, 0.5) is 87.8 Å². The molecule has 0 heterocycles. The van der Waals surface area contributed by atoms with Gasteiger partial charge < -0.3 is 0 Å². The van der Waals surface area contributed by atoms with Crippen molar-refractivity contribution in [3.05, 3.63) is 0 Å². The molecule has 0 saturated carbocycles. The highest BCUT2D eigenvalue weighted by atomic mass is 127. The van der Waals surface area contributed by atoms with Gasteiger partial charge in [0.05, 0.1) is 0 Å². The van der Waals surface area contributed by atoms with Gasteiger partial charge in [0, 0.05) is 10.8 Å². The molecule has 0 saturated heterocycles. The van der Waals surface area contributed by atoms with Crippen molar-refractivity contribution >= 4 is 22.6 Å². The summed E-state index contributed by atoms with van der Waals surface area (Å²) >= 11 is 0.740. The number of hydrogen-bond donors (Lipinski definition) is 0. The average molecular weight is 670 g/mol. The summed E-state index contributed by atoms with van der Waals surface area (Å²) in [6.45, 7) is -1.65. The summed E-state index contributed by atoms with van der Waals surface area (Å²) in [4.78, 5) is 0. The molecule has 0 bridgehead atoms. The fraction of sp³-hybridized carbons (Fsp3) is 1.00. The number of halogens is 21. The summed E-state index contributed by atoms with van der Waals surface area (Å²) in [5.74, 6) is -66.0. The molecule has 0 N–H and O–H groups in total. The first-order valence-corrected chi connectivity index (χ1v) is 9.18. The van der Waals surface area contributed by atoms with E-state index in [1.807, 2.05) is 0 Å². The molecule has 34 heavy (non-hydrogen) atoms. The van der Waals surface area contributed by atoms with Crippen LogP contribution in [0.15, 0.2) is 0 Å². The third-order valence-electron chi connectivity index (χ3n) is 4.36. The van der Waals surface area contributed by atoms with Crippen molar-refractivity contribution in [2.45, 2.75) is 72.6 Å². The van der Waals surface area contributed by atoms with Crippen molar-refractivity contribution in [1.82, 2.24) is 0 Å². The van der Waals surface area contributed by atoms with Gasteiger partial charge in [0.2, 0.25) is 0 Å². The van der Waals surface area contributed by atoms with Crippen LogP contribution in [0.2, 0.25) is 0 Å². The van der Waals surface area contributed by atoms with Crippen LogP contribution in [-0.4, -0.2) is 63.7 Å². The van der Waals surface area contributed by atoms with Crippen molar-refractivity contribution in [2.75, 3.05) is 4.43 Å². The normalized spacial score (nSPS) is 18.2. The molecule has 0 spiro atoms. The maximum Gasteiger partial charge on any atom is 0.428 e. The number of rotatable bonds is 10. The summed E-state index contributed by atoms with van der Waals surface area (Å²) in [6, 6.07) is 0. The van der Waals surface area contributed by atoms with Crippen molar-refractivity contribution in [3.63, 3.8) is 0 Å². The van der Waals surface area contributed by atoms with Gasteiger partial charge in [0.15, 0.2) is 0 Å². The summed E-state index contributed by atoms with van der Waals surface area (Å²) in [6.07, 6.45) is -9.83.